The number of carboxylic acids is 1. The van der Waals surface area contributed by atoms with E-state index in [0.29, 0.717) is 24.8 Å². The third kappa shape index (κ3) is 5.69. The Morgan fingerprint density at radius 2 is 1.67 bits per heavy atom. The van der Waals surface area contributed by atoms with Crippen molar-refractivity contribution < 1.29 is 33.8 Å². The Morgan fingerprint density at radius 1 is 0.961 bits per heavy atom. The molecule has 0 bridgehead atoms. The van der Waals surface area contributed by atoms with Gasteiger partial charge in [0.15, 0.2) is 5.78 Å². The molecule has 4 fully saturated rings. The van der Waals surface area contributed by atoms with Gasteiger partial charge < -0.3 is 15.2 Å². The molecule has 2 N–H and O–H groups in total. The maximum Gasteiger partial charge on any atom is 0.309 e. The number of amides is 1. The van der Waals surface area contributed by atoms with Gasteiger partial charge in [-0.15, -0.1) is 11.3 Å². The van der Waals surface area contributed by atoms with E-state index in [0.717, 1.165) is 61.0 Å². The van der Waals surface area contributed by atoms with E-state index in [1.165, 1.54) is 0 Å². The molecule has 8 nitrogen and oxygen atoms in total. The molecule has 0 radical (unpaired) electrons. The molecule has 0 spiro atoms. The summed E-state index contributed by atoms with van der Waals surface area (Å²) >= 11 is 1.54. The molecular formula is C42H59NO7S. The van der Waals surface area contributed by atoms with E-state index >= 15 is 0 Å². The Kier molecular flexibility index (Phi) is 9.41. The van der Waals surface area contributed by atoms with Crippen molar-refractivity contribution in [2.75, 3.05) is 0 Å². The number of ketones is 2. The first-order valence-electron chi connectivity index (χ1n) is 19.2. The van der Waals surface area contributed by atoms with Crippen molar-refractivity contribution >= 4 is 40.7 Å². The van der Waals surface area contributed by atoms with Crippen molar-refractivity contribution in [1.82, 2.24) is 5.32 Å². The second-order valence-corrected chi connectivity index (χ2v) is 20.1. The maximum atomic E-state index is 14.4. The molecule has 1 heterocycles. The van der Waals surface area contributed by atoms with Crippen LogP contribution in [0.1, 0.15) is 131 Å². The molecule has 9 heteroatoms. The molecular weight excluding hydrogens is 663 g/mol. The van der Waals surface area contributed by atoms with Crippen LogP contribution in [0.2, 0.25) is 0 Å². The van der Waals surface area contributed by atoms with E-state index in [2.05, 4.69) is 53.8 Å². The van der Waals surface area contributed by atoms with Gasteiger partial charge in [-0.25, -0.2) is 0 Å². The second-order valence-electron chi connectivity index (χ2n) is 19.1. The maximum absolute atomic E-state index is 14.4. The lowest BCUT2D eigenvalue weighted by Gasteiger charge is -2.72. The van der Waals surface area contributed by atoms with Gasteiger partial charge in [0.2, 0.25) is 5.78 Å². The zero-order valence-corrected chi connectivity index (χ0v) is 33.0. The van der Waals surface area contributed by atoms with Gasteiger partial charge in [0.1, 0.15) is 6.10 Å². The summed E-state index contributed by atoms with van der Waals surface area (Å²) < 4.78 is 6.13. The van der Waals surface area contributed by atoms with E-state index in [1.807, 2.05) is 17.5 Å². The van der Waals surface area contributed by atoms with Crippen LogP contribution >= 0.6 is 11.3 Å². The molecule has 0 unspecified atom stereocenters. The molecule has 1 aromatic rings. The number of Topliss-reactive ketones (excluding diaryl/α,β-unsaturated/α-hetero) is 2. The predicted molar refractivity (Wildman–Crippen MR) is 197 cm³/mol. The van der Waals surface area contributed by atoms with Crippen LogP contribution in [0, 0.1) is 56.2 Å². The molecule has 1 amide bonds. The number of thiophene rings is 1. The fourth-order valence-corrected chi connectivity index (χ4v) is 13.2. The highest BCUT2D eigenvalue weighted by Gasteiger charge is 2.71. The van der Waals surface area contributed by atoms with Gasteiger partial charge in [0.25, 0.3) is 5.91 Å². The molecule has 0 aromatic carbocycles. The largest absolute Gasteiger partial charge is 0.481 e. The van der Waals surface area contributed by atoms with Crippen LogP contribution in [0.15, 0.2) is 28.7 Å². The third-order valence-corrected chi connectivity index (χ3v) is 16.3. The average molecular weight is 722 g/mol. The summed E-state index contributed by atoms with van der Waals surface area (Å²) in [6.45, 7) is 19.4. The summed E-state index contributed by atoms with van der Waals surface area (Å²) in [5, 5.41) is 14.4. The van der Waals surface area contributed by atoms with Crippen LogP contribution in [0.25, 0.3) is 0 Å². The van der Waals surface area contributed by atoms with Gasteiger partial charge in [0, 0.05) is 16.7 Å². The summed E-state index contributed by atoms with van der Waals surface area (Å²) in [5.74, 6) is -1.70. The zero-order chi connectivity index (χ0) is 37.5. The van der Waals surface area contributed by atoms with Crippen molar-refractivity contribution in [3.8, 4) is 0 Å². The van der Waals surface area contributed by atoms with Crippen LogP contribution in [0.5, 0.6) is 0 Å². The van der Waals surface area contributed by atoms with Gasteiger partial charge in [-0.05, 0) is 128 Å². The Labute approximate surface area is 307 Å². The van der Waals surface area contributed by atoms with Crippen molar-refractivity contribution in [2.45, 2.75) is 139 Å². The normalized spacial score (nSPS) is 37.2. The number of carbonyl (C=O) groups is 5. The number of hydrogen-bond acceptors (Lipinski definition) is 7. The molecule has 4 saturated carbocycles. The molecule has 1 aromatic heterocycles. The van der Waals surface area contributed by atoms with Crippen molar-refractivity contribution in [2.24, 2.45) is 56.2 Å². The molecule has 51 heavy (non-hydrogen) atoms. The van der Waals surface area contributed by atoms with E-state index in [9.17, 15) is 29.1 Å². The van der Waals surface area contributed by atoms with E-state index in [4.69, 9.17) is 4.74 Å². The summed E-state index contributed by atoms with van der Waals surface area (Å²) in [6, 6.07) is 3.87. The second kappa shape index (κ2) is 12.7. The fraction of sp³-hybridized carbons (Fsp3) is 0.738. The van der Waals surface area contributed by atoms with Crippen LogP contribution in [0.4, 0.5) is 0 Å². The van der Waals surface area contributed by atoms with Gasteiger partial charge in [-0.2, -0.15) is 0 Å². The smallest absolute Gasteiger partial charge is 0.309 e. The van der Waals surface area contributed by atoms with Gasteiger partial charge in [-0.3, -0.25) is 24.0 Å². The standard InChI is InChI=1S/C42H59NO7S/c1-24(2)32-27(44)21-42(34(46)35(47)43-23-25-11-10-20-51-25)19-18-40(8)26(33(32)42)12-13-29-39(7)16-15-30(50-31(45)22-37(3,4)36(48)49)38(5,6)28(39)14-17-41(29,40)9/h10-11,20,24,26,28-30H,12-19,21-23H2,1-9H3,(H,43,47)(H,48,49)/t26-,28-,29-,30+,39+,40-,41-,42-/m1/s1. The lowest BCUT2D eigenvalue weighted by atomic mass is 9.33. The number of carbonyl (C=O) groups excluding carboxylic acids is 4. The Morgan fingerprint density at radius 3 is 2.29 bits per heavy atom. The number of ether oxygens (including phenoxy) is 1. The minimum Gasteiger partial charge on any atom is -0.481 e. The number of rotatable bonds is 9. The molecule has 280 valence electrons. The summed E-state index contributed by atoms with van der Waals surface area (Å²) in [6.07, 6.45) is 6.48. The zero-order valence-electron chi connectivity index (χ0n) is 32.2. The van der Waals surface area contributed by atoms with E-state index in [1.54, 1.807) is 25.2 Å². The number of esters is 1. The van der Waals surface area contributed by atoms with Gasteiger partial charge in [0.05, 0.1) is 23.8 Å². The molecule has 8 atom stereocenters. The molecule has 5 aliphatic rings. The Balaban J connectivity index is 1.29. The van der Waals surface area contributed by atoms with Crippen molar-refractivity contribution in [3.05, 3.63) is 33.5 Å². The van der Waals surface area contributed by atoms with Crippen LogP contribution in [-0.2, 0) is 35.3 Å². The predicted octanol–water partition coefficient (Wildman–Crippen LogP) is 8.33. The first kappa shape index (κ1) is 37.9. The molecule has 5 aliphatic carbocycles. The van der Waals surface area contributed by atoms with Crippen molar-refractivity contribution in [1.29, 1.82) is 0 Å². The quantitative estimate of drug-likeness (QED) is 0.194. The fourth-order valence-electron chi connectivity index (χ4n) is 12.6. The molecule has 6 rings (SSSR count). The summed E-state index contributed by atoms with van der Waals surface area (Å²) in [4.78, 5) is 67.7. The number of aliphatic carboxylic acids is 1. The topological polar surface area (TPSA) is 127 Å². The van der Waals surface area contributed by atoms with Crippen LogP contribution in [0.3, 0.4) is 0 Å². The van der Waals surface area contributed by atoms with Gasteiger partial charge >= 0.3 is 11.9 Å². The highest BCUT2D eigenvalue weighted by atomic mass is 32.1. The number of hydrogen-bond donors (Lipinski definition) is 2. The number of nitrogens with one attached hydrogen (secondary N) is 1. The third-order valence-electron chi connectivity index (χ3n) is 15.5. The lowest BCUT2D eigenvalue weighted by molar-refractivity contribution is -0.233. The number of allylic oxidation sites excluding steroid dienone is 2. The van der Waals surface area contributed by atoms with E-state index in [-0.39, 0.29) is 58.2 Å². The van der Waals surface area contributed by atoms with Crippen LogP contribution in [-0.4, -0.2) is 40.6 Å². The minimum absolute atomic E-state index is 0.000507. The lowest BCUT2D eigenvalue weighted by Crippen LogP contribution is -2.66. The first-order valence-corrected chi connectivity index (χ1v) is 20.1. The van der Waals surface area contributed by atoms with Crippen LogP contribution < -0.4 is 5.32 Å². The van der Waals surface area contributed by atoms with Gasteiger partial charge in [-0.1, -0.05) is 54.5 Å². The highest BCUT2D eigenvalue weighted by Crippen LogP contribution is 2.76. The highest BCUT2D eigenvalue weighted by molar-refractivity contribution is 7.09. The number of fused-ring (bicyclic) bond motifs is 7. The molecule has 0 saturated heterocycles. The van der Waals surface area contributed by atoms with Crippen molar-refractivity contribution in [3.63, 3.8) is 0 Å². The monoisotopic (exact) mass is 721 g/mol. The first-order chi connectivity index (χ1) is 23.7. The minimum atomic E-state index is -1.18. The van der Waals surface area contributed by atoms with E-state index < -0.39 is 34.5 Å². The SMILES string of the molecule is CC(C)C1=C2[C@H]3CC[C@@H]4[C@@]5(C)CC[C@H](OC(=O)CC(C)(C)C(=O)O)C(C)(C)[C@H]5CC[C@@]4(C)[C@]3(C)CC[C@@]2(C(=O)C(=O)NCc2cccs2)CC1=O. The summed E-state index contributed by atoms with van der Waals surface area (Å²) in [7, 11) is 0. The Bertz CT molecular complexity index is 1660. The summed E-state index contributed by atoms with van der Waals surface area (Å²) in [5.41, 5.74) is -0.965. The Hall–Kier alpha value is -2.81. The molecule has 0 aliphatic heterocycles. The number of carboxylic acid groups (broad SMARTS) is 1. The average Bonchev–Trinajstić information content (AvgIpc) is 3.67.